The van der Waals surface area contributed by atoms with Crippen LogP contribution >= 0.6 is 0 Å². The zero-order valence-electron chi connectivity index (χ0n) is 18.8. The summed E-state index contributed by atoms with van der Waals surface area (Å²) < 4.78 is 2.12. The molecule has 4 unspecified atom stereocenters. The highest BCUT2D eigenvalue weighted by molar-refractivity contribution is 6.36. The number of nitrogens with one attached hydrogen (secondary N) is 1. The number of allylic oxidation sites excluding steroid dienone is 1. The highest BCUT2D eigenvalue weighted by atomic mass is 16.3. The second kappa shape index (κ2) is 7.46. The fourth-order valence-electron chi connectivity index (χ4n) is 7.14. The number of rotatable bonds is 6. The molecule has 6 atom stereocenters. The van der Waals surface area contributed by atoms with Crippen LogP contribution in [0.25, 0.3) is 17.0 Å². The highest BCUT2D eigenvalue weighted by Gasteiger charge is 2.56. The van der Waals surface area contributed by atoms with Gasteiger partial charge < -0.3 is 15.5 Å². The number of aliphatic hydroxyl groups excluding tert-OH is 1. The number of amides is 1. The molecule has 0 radical (unpaired) electrons. The van der Waals surface area contributed by atoms with Crippen LogP contribution in [0.1, 0.15) is 62.0 Å². The molecule has 8 nitrogen and oxygen atoms in total. The molecule has 4 saturated carbocycles. The van der Waals surface area contributed by atoms with E-state index in [0.29, 0.717) is 23.4 Å². The number of pyridine rings is 1. The molecule has 4 bridgehead atoms. The molecule has 4 fully saturated rings. The van der Waals surface area contributed by atoms with Crippen LogP contribution in [0.3, 0.4) is 0 Å². The Morgan fingerprint density at radius 2 is 2.03 bits per heavy atom. The van der Waals surface area contributed by atoms with Gasteiger partial charge in [-0.05, 0) is 56.8 Å². The normalized spacial score (nSPS) is 32.3. The van der Waals surface area contributed by atoms with Gasteiger partial charge in [-0.25, -0.2) is 0 Å². The molecule has 5 aliphatic rings. The minimum absolute atomic E-state index is 0.0368. The lowest BCUT2D eigenvalue weighted by Gasteiger charge is -2.58. The van der Waals surface area contributed by atoms with Crippen LogP contribution in [-0.2, 0) is 22.4 Å². The van der Waals surface area contributed by atoms with E-state index in [-0.39, 0.29) is 19.0 Å². The van der Waals surface area contributed by atoms with Crippen molar-refractivity contribution in [1.29, 1.82) is 0 Å². The van der Waals surface area contributed by atoms with Gasteiger partial charge in [-0.2, -0.15) is 5.10 Å². The number of fused-ring (bicyclic) bond motifs is 3. The standard InChI is InChI=1S/C25H30N4O4/c1-13(30)11-27-24(32)21(31)7-20-18-12-26-19-4-2-3-17(19)23(18)29(28-20)22-15-5-14-6-16(22)10-25(33,8-14)9-15/h2-3,12-16,22,30,33H,4-11H2,1H3,(H,27,32)/t13?,14?,15-,16+,22?,25?. The summed E-state index contributed by atoms with van der Waals surface area (Å²) >= 11 is 0. The molecular formula is C25H30N4O4. The Bertz CT molecular complexity index is 1170. The molecular weight excluding hydrogens is 420 g/mol. The molecule has 5 aliphatic carbocycles. The predicted octanol–water partition coefficient (Wildman–Crippen LogP) is 1.72. The van der Waals surface area contributed by atoms with E-state index in [2.05, 4.69) is 27.1 Å². The van der Waals surface area contributed by atoms with E-state index < -0.39 is 23.4 Å². The van der Waals surface area contributed by atoms with Crippen LogP contribution in [0.4, 0.5) is 0 Å². The van der Waals surface area contributed by atoms with Crippen molar-refractivity contribution in [2.45, 2.75) is 69.6 Å². The monoisotopic (exact) mass is 450 g/mol. The van der Waals surface area contributed by atoms with E-state index in [1.165, 1.54) is 0 Å². The lowest BCUT2D eigenvalue weighted by atomic mass is 9.52. The largest absolute Gasteiger partial charge is 0.392 e. The van der Waals surface area contributed by atoms with E-state index in [1.54, 1.807) is 13.1 Å². The lowest BCUT2D eigenvalue weighted by Crippen LogP contribution is -2.55. The van der Waals surface area contributed by atoms with Crippen molar-refractivity contribution < 1.29 is 19.8 Å². The topological polar surface area (TPSA) is 117 Å². The van der Waals surface area contributed by atoms with Gasteiger partial charge in [0.2, 0.25) is 5.78 Å². The number of Topliss-reactive ketones (excluding diaryl/α,β-unsaturated/α-hetero) is 1. The molecule has 0 aliphatic heterocycles. The van der Waals surface area contributed by atoms with Crippen LogP contribution in [0.2, 0.25) is 0 Å². The molecule has 7 rings (SSSR count). The number of ketones is 1. The Kier molecular flexibility index (Phi) is 4.75. The quantitative estimate of drug-likeness (QED) is 0.577. The minimum Gasteiger partial charge on any atom is -0.392 e. The molecule has 0 spiro atoms. The number of carbonyl (C=O) groups is 2. The van der Waals surface area contributed by atoms with Crippen LogP contribution in [0, 0.1) is 17.8 Å². The van der Waals surface area contributed by atoms with Crippen molar-refractivity contribution in [2.75, 3.05) is 6.54 Å². The molecule has 2 heterocycles. The first kappa shape index (κ1) is 21.0. The van der Waals surface area contributed by atoms with Crippen molar-refractivity contribution in [3.05, 3.63) is 29.2 Å². The molecule has 174 valence electrons. The average molecular weight is 451 g/mol. The van der Waals surface area contributed by atoms with Crippen molar-refractivity contribution in [3.8, 4) is 0 Å². The van der Waals surface area contributed by atoms with Crippen LogP contribution < -0.4 is 5.32 Å². The summed E-state index contributed by atoms with van der Waals surface area (Å²) in [5, 5.41) is 28.7. The van der Waals surface area contributed by atoms with Gasteiger partial charge in [0.25, 0.3) is 5.91 Å². The number of aliphatic hydroxyl groups is 2. The molecule has 33 heavy (non-hydrogen) atoms. The number of hydrogen-bond acceptors (Lipinski definition) is 6. The Morgan fingerprint density at radius 3 is 2.73 bits per heavy atom. The first-order chi connectivity index (χ1) is 15.8. The fraction of sp³-hybridized carbons (Fsp3) is 0.600. The summed E-state index contributed by atoms with van der Waals surface area (Å²) in [5.74, 6) is 0.0616. The van der Waals surface area contributed by atoms with Crippen molar-refractivity contribution in [1.82, 2.24) is 20.1 Å². The second-order valence-electron chi connectivity index (χ2n) is 10.7. The number of hydrogen-bond donors (Lipinski definition) is 3. The third kappa shape index (κ3) is 3.42. The first-order valence-electron chi connectivity index (χ1n) is 12.1. The van der Waals surface area contributed by atoms with Gasteiger partial charge in [0.1, 0.15) is 0 Å². The van der Waals surface area contributed by atoms with Crippen LogP contribution in [0.15, 0.2) is 12.3 Å². The van der Waals surface area contributed by atoms with Gasteiger partial charge in [0, 0.05) is 30.1 Å². The average Bonchev–Trinajstić information content (AvgIpc) is 3.35. The zero-order chi connectivity index (χ0) is 22.9. The number of aromatic nitrogens is 3. The molecule has 8 heteroatoms. The van der Waals surface area contributed by atoms with E-state index in [9.17, 15) is 19.8 Å². The molecule has 0 aromatic carbocycles. The highest BCUT2D eigenvalue weighted by Crippen LogP contribution is 2.60. The Labute approximate surface area is 192 Å². The van der Waals surface area contributed by atoms with Crippen molar-refractivity contribution in [3.63, 3.8) is 0 Å². The summed E-state index contributed by atoms with van der Waals surface area (Å²) in [5.41, 5.74) is 3.12. The molecule has 3 N–H and O–H groups in total. The summed E-state index contributed by atoms with van der Waals surface area (Å²) in [4.78, 5) is 29.5. The minimum atomic E-state index is -0.716. The van der Waals surface area contributed by atoms with Gasteiger partial charge in [-0.15, -0.1) is 0 Å². The smallest absolute Gasteiger partial charge is 0.287 e. The molecule has 2 aromatic heterocycles. The fourth-order valence-corrected chi connectivity index (χ4v) is 7.14. The first-order valence-corrected chi connectivity index (χ1v) is 12.1. The van der Waals surface area contributed by atoms with E-state index >= 15 is 0 Å². The van der Waals surface area contributed by atoms with Crippen LogP contribution in [0.5, 0.6) is 0 Å². The summed E-state index contributed by atoms with van der Waals surface area (Å²) in [6, 6.07) is 0.192. The summed E-state index contributed by atoms with van der Waals surface area (Å²) in [6.45, 7) is 1.59. The maximum atomic E-state index is 12.7. The van der Waals surface area contributed by atoms with Gasteiger partial charge in [0.15, 0.2) is 0 Å². The maximum absolute atomic E-state index is 12.7. The van der Waals surface area contributed by atoms with E-state index in [4.69, 9.17) is 5.10 Å². The second-order valence-corrected chi connectivity index (χ2v) is 10.7. The third-order valence-corrected chi connectivity index (χ3v) is 8.15. The Hall–Kier alpha value is -2.58. The Morgan fingerprint density at radius 1 is 1.27 bits per heavy atom. The molecule has 0 saturated heterocycles. The van der Waals surface area contributed by atoms with E-state index in [0.717, 1.165) is 60.7 Å². The Balaban J connectivity index is 1.39. The summed E-state index contributed by atoms with van der Waals surface area (Å²) in [6.07, 6.45) is 10.7. The molecule has 1 amide bonds. The van der Waals surface area contributed by atoms with Crippen LogP contribution in [-0.4, -0.2) is 54.9 Å². The number of carbonyl (C=O) groups excluding carboxylic acids is 2. The van der Waals surface area contributed by atoms with Gasteiger partial charge in [0.05, 0.1) is 41.1 Å². The maximum Gasteiger partial charge on any atom is 0.287 e. The van der Waals surface area contributed by atoms with Gasteiger partial charge in [-0.1, -0.05) is 12.2 Å². The molecule has 2 aromatic rings. The number of nitrogens with zero attached hydrogens (tertiary/aromatic N) is 3. The summed E-state index contributed by atoms with van der Waals surface area (Å²) in [7, 11) is 0. The predicted molar refractivity (Wildman–Crippen MR) is 121 cm³/mol. The van der Waals surface area contributed by atoms with Crippen molar-refractivity contribution in [2.24, 2.45) is 17.8 Å². The van der Waals surface area contributed by atoms with Gasteiger partial charge >= 0.3 is 0 Å². The lowest BCUT2D eigenvalue weighted by molar-refractivity contribution is -0.148. The zero-order valence-corrected chi connectivity index (χ0v) is 18.8. The third-order valence-electron chi connectivity index (χ3n) is 8.15. The van der Waals surface area contributed by atoms with Crippen molar-refractivity contribution >= 4 is 28.7 Å². The van der Waals surface area contributed by atoms with Gasteiger partial charge in [-0.3, -0.25) is 19.3 Å². The van der Waals surface area contributed by atoms with E-state index in [1.807, 2.05) is 0 Å². The SMILES string of the molecule is CC(O)CNC(=O)C(=O)Cc1nn(C2[C@@H]3CC4C[C@H]2CC(O)(C4)C3)c2c3c(ncc12)CC=C3.